The normalized spacial score (nSPS) is 18.2. The van der Waals surface area contributed by atoms with E-state index in [0.29, 0.717) is 18.4 Å². The highest BCUT2D eigenvalue weighted by molar-refractivity contribution is 6.13. The molecule has 1 heterocycles. The van der Waals surface area contributed by atoms with Gasteiger partial charge >= 0.3 is 5.97 Å². The third-order valence-corrected chi connectivity index (χ3v) is 8.83. The van der Waals surface area contributed by atoms with Crippen LogP contribution in [0.15, 0.2) is 120 Å². The maximum atomic E-state index is 12.9. The largest absolute Gasteiger partial charge is 0.469 e. The number of benzene rings is 4. The summed E-state index contributed by atoms with van der Waals surface area (Å²) in [4.78, 5) is 20.7. The van der Waals surface area contributed by atoms with Crippen LogP contribution < -0.4 is 0 Å². The van der Waals surface area contributed by atoms with Gasteiger partial charge in [0.1, 0.15) is 0 Å². The highest BCUT2D eigenvalue weighted by atomic mass is 16.5. The fourth-order valence-corrected chi connectivity index (χ4v) is 6.50. The van der Waals surface area contributed by atoms with Gasteiger partial charge in [-0.25, -0.2) is 4.99 Å². The van der Waals surface area contributed by atoms with Crippen LogP contribution in [-0.2, 0) is 16.0 Å². The van der Waals surface area contributed by atoms with Gasteiger partial charge in [-0.1, -0.05) is 116 Å². The Hall–Kier alpha value is -4.02. The van der Waals surface area contributed by atoms with Gasteiger partial charge in [0.05, 0.1) is 24.4 Å². The molecule has 1 saturated heterocycles. The highest BCUT2D eigenvalue weighted by Gasteiger charge is 2.29. The molecule has 0 saturated carbocycles. The van der Waals surface area contributed by atoms with Crippen LogP contribution in [0.2, 0.25) is 0 Å². The predicted molar refractivity (Wildman–Crippen MR) is 177 cm³/mol. The molecule has 0 aromatic heterocycles. The standard InChI is InChI=1S/C39H44N2O2/c1-3-37-24-14-21-31(25-26-41(37)29-35(39(42)43-2)27-30-15-7-4-8-16-30)34-22-13-23-36(28-34)40-38(32-17-9-5-10-18-32)33-19-11-6-12-20-33/h4-13,15-20,22-23,28,31,35,37H,3,14,21,24-27,29H2,1-2H3. The molecule has 3 atom stereocenters. The number of carbonyl (C=O) groups excluding carboxylic acids is 1. The summed E-state index contributed by atoms with van der Waals surface area (Å²) in [5, 5.41) is 0. The summed E-state index contributed by atoms with van der Waals surface area (Å²) in [6, 6.07) is 40.5. The number of ether oxygens (including phenoxy) is 1. The number of methoxy groups -OCH3 is 1. The maximum Gasteiger partial charge on any atom is 0.310 e. The lowest BCUT2D eigenvalue weighted by Gasteiger charge is -2.37. The summed E-state index contributed by atoms with van der Waals surface area (Å²) in [6.07, 6.45) is 6.36. The van der Waals surface area contributed by atoms with Gasteiger partial charge in [-0.15, -0.1) is 0 Å². The average Bonchev–Trinajstić information content (AvgIpc) is 3.05. The first-order valence-electron chi connectivity index (χ1n) is 15.8. The monoisotopic (exact) mass is 572 g/mol. The molecule has 1 aliphatic rings. The van der Waals surface area contributed by atoms with E-state index in [9.17, 15) is 4.79 Å². The third-order valence-electron chi connectivity index (χ3n) is 8.83. The lowest BCUT2D eigenvalue weighted by Crippen LogP contribution is -2.43. The Morgan fingerprint density at radius 1 is 0.837 bits per heavy atom. The number of rotatable bonds is 10. The summed E-state index contributed by atoms with van der Waals surface area (Å²) >= 11 is 0. The molecule has 0 amide bonds. The van der Waals surface area contributed by atoms with Gasteiger partial charge in [0, 0.05) is 23.7 Å². The molecule has 4 nitrogen and oxygen atoms in total. The number of esters is 1. The molecule has 43 heavy (non-hydrogen) atoms. The number of nitrogens with zero attached hydrogens (tertiary/aromatic N) is 2. The first-order chi connectivity index (χ1) is 21.1. The SMILES string of the molecule is CCC1CCCC(c2cccc(N=C(c3ccccc3)c3ccccc3)c2)CCN1CC(Cc1ccccc1)C(=O)OC. The van der Waals surface area contributed by atoms with E-state index in [-0.39, 0.29) is 11.9 Å². The lowest BCUT2D eigenvalue weighted by atomic mass is 9.86. The maximum absolute atomic E-state index is 12.9. The molecule has 1 aliphatic heterocycles. The fraction of sp³-hybridized carbons (Fsp3) is 0.333. The molecular formula is C39H44N2O2. The number of carbonyl (C=O) groups is 1. The molecule has 4 heteroatoms. The molecule has 0 N–H and O–H groups in total. The quantitative estimate of drug-likeness (QED) is 0.141. The van der Waals surface area contributed by atoms with Crippen LogP contribution in [0, 0.1) is 5.92 Å². The first kappa shape index (κ1) is 30.4. The van der Waals surface area contributed by atoms with Crippen LogP contribution in [0.4, 0.5) is 5.69 Å². The Kier molecular flexibility index (Phi) is 10.9. The highest BCUT2D eigenvalue weighted by Crippen LogP contribution is 2.33. The number of aliphatic imine (C=N–C) groups is 1. The van der Waals surface area contributed by atoms with Crippen LogP contribution in [0.5, 0.6) is 0 Å². The van der Waals surface area contributed by atoms with Gasteiger partial charge in [0.15, 0.2) is 0 Å². The van der Waals surface area contributed by atoms with E-state index >= 15 is 0 Å². The van der Waals surface area contributed by atoms with Gasteiger partial charge in [0.25, 0.3) is 0 Å². The molecule has 0 bridgehead atoms. The lowest BCUT2D eigenvalue weighted by molar-refractivity contribution is -0.146. The van der Waals surface area contributed by atoms with E-state index in [4.69, 9.17) is 9.73 Å². The zero-order chi connectivity index (χ0) is 29.9. The van der Waals surface area contributed by atoms with Crippen LogP contribution in [-0.4, -0.2) is 42.8 Å². The summed E-state index contributed by atoms with van der Waals surface area (Å²) in [6.45, 7) is 3.98. The van der Waals surface area contributed by atoms with Crippen molar-refractivity contribution in [2.45, 2.75) is 57.4 Å². The van der Waals surface area contributed by atoms with Crippen molar-refractivity contribution >= 4 is 17.4 Å². The molecule has 5 rings (SSSR count). The molecule has 222 valence electrons. The van der Waals surface area contributed by atoms with Crippen molar-refractivity contribution in [2.75, 3.05) is 20.2 Å². The Morgan fingerprint density at radius 2 is 1.49 bits per heavy atom. The summed E-state index contributed by atoms with van der Waals surface area (Å²) in [5.41, 5.74) is 6.73. The number of hydrogen-bond acceptors (Lipinski definition) is 4. The van der Waals surface area contributed by atoms with E-state index in [0.717, 1.165) is 54.9 Å². The minimum atomic E-state index is -0.175. The molecule has 1 fully saturated rings. The fourth-order valence-electron chi connectivity index (χ4n) is 6.50. The van der Waals surface area contributed by atoms with Crippen molar-refractivity contribution in [2.24, 2.45) is 10.9 Å². The van der Waals surface area contributed by atoms with Gasteiger partial charge in [-0.2, -0.15) is 0 Å². The van der Waals surface area contributed by atoms with Crippen LogP contribution >= 0.6 is 0 Å². The molecule has 0 spiro atoms. The topological polar surface area (TPSA) is 41.9 Å². The Morgan fingerprint density at radius 3 is 2.12 bits per heavy atom. The van der Waals surface area contributed by atoms with E-state index in [1.807, 2.05) is 30.3 Å². The van der Waals surface area contributed by atoms with E-state index in [1.54, 1.807) is 0 Å². The third kappa shape index (κ3) is 8.30. The van der Waals surface area contributed by atoms with Gasteiger partial charge < -0.3 is 4.74 Å². The molecule has 4 aromatic carbocycles. The number of hydrogen-bond donors (Lipinski definition) is 0. The van der Waals surface area contributed by atoms with Crippen molar-refractivity contribution in [3.8, 4) is 0 Å². The second-order valence-electron chi connectivity index (χ2n) is 11.7. The summed E-state index contributed by atoms with van der Waals surface area (Å²) in [5.74, 6) is 0.167. The smallest absolute Gasteiger partial charge is 0.310 e. The molecule has 0 radical (unpaired) electrons. The van der Waals surface area contributed by atoms with Crippen molar-refractivity contribution in [3.63, 3.8) is 0 Å². The summed E-state index contributed by atoms with van der Waals surface area (Å²) < 4.78 is 5.27. The van der Waals surface area contributed by atoms with Crippen molar-refractivity contribution in [3.05, 3.63) is 138 Å². The van der Waals surface area contributed by atoms with E-state index in [1.165, 1.54) is 31.1 Å². The molecule has 0 aliphatic carbocycles. The molecule has 4 aromatic rings. The summed E-state index contributed by atoms with van der Waals surface area (Å²) in [7, 11) is 1.51. The second-order valence-corrected chi connectivity index (χ2v) is 11.7. The average molecular weight is 573 g/mol. The van der Waals surface area contributed by atoms with Crippen LogP contribution in [0.1, 0.15) is 67.2 Å². The Balaban J connectivity index is 1.36. The minimum Gasteiger partial charge on any atom is -0.469 e. The van der Waals surface area contributed by atoms with E-state index in [2.05, 4.69) is 96.8 Å². The Labute approximate surface area is 257 Å². The minimum absolute atomic E-state index is 0.115. The van der Waals surface area contributed by atoms with Crippen LogP contribution in [0.25, 0.3) is 0 Å². The first-order valence-corrected chi connectivity index (χ1v) is 15.8. The van der Waals surface area contributed by atoms with Gasteiger partial charge in [0.2, 0.25) is 0 Å². The van der Waals surface area contributed by atoms with Crippen LogP contribution in [0.3, 0.4) is 0 Å². The van der Waals surface area contributed by atoms with Crippen molar-refractivity contribution < 1.29 is 9.53 Å². The molecule has 3 unspecified atom stereocenters. The zero-order valence-electron chi connectivity index (χ0n) is 25.6. The Bertz CT molecular complexity index is 1410. The van der Waals surface area contributed by atoms with Crippen molar-refractivity contribution in [1.82, 2.24) is 4.90 Å². The van der Waals surface area contributed by atoms with Crippen molar-refractivity contribution in [1.29, 1.82) is 0 Å². The second kappa shape index (κ2) is 15.5. The van der Waals surface area contributed by atoms with Gasteiger partial charge in [-0.05, 0) is 67.8 Å². The number of likely N-dealkylation sites (tertiary alicyclic amines) is 1. The molecular weight excluding hydrogens is 528 g/mol. The van der Waals surface area contributed by atoms with E-state index < -0.39 is 0 Å². The zero-order valence-corrected chi connectivity index (χ0v) is 25.6. The predicted octanol–water partition coefficient (Wildman–Crippen LogP) is 8.63. The van der Waals surface area contributed by atoms with Gasteiger partial charge in [-0.3, -0.25) is 9.69 Å².